The largest absolute Gasteiger partial charge is 0.449 e. The quantitative estimate of drug-likeness (QED) is 0.840. The minimum absolute atomic E-state index is 0.198. The van der Waals surface area contributed by atoms with Crippen LogP contribution in [0.2, 0.25) is 10.0 Å². The SMILES string of the molecule is O=C(NC(=O)c1ccc(Cl)cc1Cl)OC[C@@H]1CCC[NH+]2CCCC[C@H]12. The molecule has 0 spiro atoms. The lowest BCUT2D eigenvalue weighted by atomic mass is 9.84. The van der Waals surface area contributed by atoms with Crippen molar-refractivity contribution in [2.75, 3.05) is 19.7 Å². The standard InChI is InChI=1S/C18H22Cl2N2O3/c19-13-6-7-14(15(20)10-13)17(23)21-18(24)25-11-12-4-3-9-22-8-2-1-5-16(12)22/h6-7,10,12,16H,1-5,8-9,11H2,(H,21,23,24)/p+1/t12-,16+/m0/s1. The van der Waals surface area contributed by atoms with Gasteiger partial charge in [0, 0.05) is 10.9 Å². The Kier molecular flexibility index (Phi) is 6.20. The molecule has 5 nitrogen and oxygen atoms in total. The molecule has 1 aromatic rings. The number of hydrogen-bond donors (Lipinski definition) is 2. The summed E-state index contributed by atoms with van der Waals surface area (Å²) in [5.74, 6) is -0.204. The number of quaternary nitrogens is 1. The normalized spacial score (nSPS) is 25.8. The third-order valence-corrected chi connectivity index (χ3v) is 5.80. The highest BCUT2D eigenvalue weighted by Gasteiger charge is 2.37. The smallest absolute Gasteiger partial charge is 0.414 e. The molecule has 0 radical (unpaired) electrons. The third kappa shape index (κ3) is 4.66. The van der Waals surface area contributed by atoms with Gasteiger partial charge in [0.05, 0.1) is 29.7 Å². The molecule has 0 saturated carbocycles. The Bertz CT molecular complexity index is 651. The van der Waals surface area contributed by atoms with E-state index in [9.17, 15) is 9.59 Å². The topological polar surface area (TPSA) is 59.8 Å². The van der Waals surface area contributed by atoms with Crippen molar-refractivity contribution in [1.29, 1.82) is 0 Å². The Balaban J connectivity index is 1.51. The predicted molar refractivity (Wildman–Crippen MR) is 96.3 cm³/mol. The van der Waals surface area contributed by atoms with Gasteiger partial charge in [0.1, 0.15) is 6.61 Å². The number of hydrogen-bond acceptors (Lipinski definition) is 3. The van der Waals surface area contributed by atoms with Gasteiger partial charge < -0.3 is 9.64 Å². The zero-order chi connectivity index (χ0) is 17.8. The number of carbonyl (C=O) groups excluding carboxylic acids is 2. The van der Waals surface area contributed by atoms with E-state index in [1.54, 1.807) is 11.0 Å². The number of amides is 2. The number of carbonyl (C=O) groups is 2. The summed E-state index contributed by atoms with van der Waals surface area (Å²) in [4.78, 5) is 25.7. The average molecular weight is 386 g/mol. The molecule has 7 heteroatoms. The summed E-state index contributed by atoms with van der Waals surface area (Å²) in [6.45, 7) is 2.81. The number of ether oxygens (including phenoxy) is 1. The van der Waals surface area contributed by atoms with Crippen LogP contribution in [0.5, 0.6) is 0 Å². The van der Waals surface area contributed by atoms with E-state index < -0.39 is 12.0 Å². The molecule has 0 aromatic heterocycles. The van der Waals surface area contributed by atoms with Gasteiger partial charge in [0.25, 0.3) is 5.91 Å². The zero-order valence-electron chi connectivity index (χ0n) is 14.0. The van der Waals surface area contributed by atoms with E-state index in [0.717, 1.165) is 6.42 Å². The molecular weight excluding hydrogens is 363 g/mol. The fraction of sp³-hybridized carbons (Fsp3) is 0.556. The van der Waals surface area contributed by atoms with Crippen molar-refractivity contribution in [1.82, 2.24) is 5.32 Å². The van der Waals surface area contributed by atoms with E-state index >= 15 is 0 Å². The van der Waals surface area contributed by atoms with Crippen LogP contribution in [0, 0.1) is 5.92 Å². The highest BCUT2D eigenvalue weighted by Crippen LogP contribution is 2.22. The number of halogens is 2. The van der Waals surface area contributed by atoms with E-state index in [0.29, 0.717) is 23.6 Å². The molecule has 2 aliphatic heterocycles. The van der Waals surface area contributed by atoms with Crippen molar-refractivity contribution < 1.29 is 19.2 Å². The maximum Gasteiger partial charge on any atom is 0.414 e. The zero-order valence-corrected chi connectivity index (χ0v) is 15.5. The lowest BCUT2D eigenvalue weighted by molar-refractivity contribution is -0.940. The van der Waals surface area contributed by atoms with Crippen LogP contribution in [-0.2, 0) is 4.74 Å². The molecular formula is C18H23Cl2N2O3+. The lowest BCUT2D eigenvalue weighted by Crippen LogP contribution is -3.18. The van der Waals surface area contributed by atoms with Gasteiger partial charge in [-0.05, 0) is 50.3 Å². The molecule has 136 valence electrons. The van der Waals surface area contributed by atoms with Gasteiger partial charge in [-0.15, -0.1) is 0 Å². The number of rotatable bonds is 3. The Labute approximate surface area is 157 Å². The predicted octanol–water partition coefficient (Wildman–Crippen LogP) is 2.71. The number of nitrogens with one attached hydrogen (secondary N) is 2. The van der Waals surface area contributed by atoms with Crippen LogP contribution in [0.25, 0.3) is 0 Å². The molecule has 2 N–H and O–H groups in total. The minimum Gasteiger partial charge on any atom is -0.449 e. The van der Waals surface area contributed by atoms with Crippen LogP contribution in [0.15, 0.2) is 18.2 Å². The first kappa shape index (κ1) is 18.5. The molecule has 0 bridgehead atoms. The Morgan fingerprint density at radius 3 is 2.76 bits per heavy atom. The fourth-order valence-electron chi connectivity index (χ4n) is 4.03. The van der Waals surface area contributed by atoms with E-state index in [2.05, 4.69) is 5.32 Å². The summed E-state index contributed by atoms with van der Waals surface area (Å²) in [6, 6.07) is 5.08. The molecule has 1 aromatic carbocycles. The maximum atomic E-state index is 12.1. The van der Waals surface area contributed by atoms with Crippen molar-refractivity contribution in [3.63, 3.8) is 0 Å². The van der Waals surface area contributed by atoms with Crippen LogP contribution < -0.4 is 10.2 Å². The van der Waals surface area contributed by atoms with Gasteiger partial charge in [0.2, 0.25) is 0 Å². The summed E-state index contributed by atoms with van der Waals surface area (Å²) < 4.78 is 5.33. The Hall–Kier alpha value is -1.30. The highest BCUT2D eigenvalue weighted by atomic mass is 35.5. The lowest BCUT2D eigenvalue weighted by Gasteiger charge is -2.40. The van der Waals surface area contributed by atoms with Crippen LogP contribution >= 0.6 is 23.2 Å². The fourth-order valence-corrected chi connectivity index (χ4v) is 4.52. The van der Waals surface area contributed by atoms with E-state index in [1.165, 1.54) is 50.9 Å². The van der Waals surface area contributed by atoms with Gasteiger partial charge in [-0.3, -0.25) is 10.1 Å². The first-order valence-corrected chi connectivity index (χ1v) is 9.58. The highest BCUT2D eigenvalue weighted by molar-refractivity contribution is 6.37. The van der Waals surface area contributed by atoms with Crippen LogP contribution in [0.4, 0.5) is 4.79 Å². The Morgan fingerprint density at radius 1 is 1.16 bits per heavy atom. The van der Waals surface area contributed by atoms with E-state index in [1.807, 2.05) is 0 Å². The molecule has 2 saturated heterocycles. The van der Waals surface area contributed by atoms with Crippen LogP contribution in [0.1, 0.15) is 42.5 Å². The molecule has 2 aliphatic rings. The summed E-state index contributed by atoms with van der Waals surface area (Å²) in [7, 11) is 0. The first-order valence-electron chi connectivity index (χ1n) is 8.82. The Morgan fingerprint density at radius 2 is 1.96 bits per heavy atom. The second-order valence-corrected chi connectivity index (χ2v) is 7.68. The molecule has 1 unspecified atom stereocenters. The third-order valence-electron chi connectivity index (χ3n) is 5.25. The summed E-state index contributed by atoms with van der Waals surface area (Å²) >= 11 is 11.8. The molecule has 25 heavy (non-hydrogen) atoms. The molecule has 3 rings (SSSR count). The van der Waals surface area contributed by atoms with Gasteiger partial charge in [-0.25, -0.2) is 4.79 Å². The van der Waals surface area contributed by atoms with Crippen molar-refractivity contribution in [3.8, 4) is 0 Å². The number of alkyl carbamates (subject to hydrolysis) is 1. The van der Waals surface area contributed by atoms with E-state index in [4.69, 9.17) is 27.9 Å². The summed E-state index contributed by atoms with van der Waals surface area (Å²) in [6.07, 6.45) is 5.27. The average Bonchev–Trinajstić information content (AvgIpc) is 2.59. The van der Waals surface area contributed by atoms with E-state index in [-0.39, 0.29) is 10.6 Å². The second-order valence-electron chi connectivity index (χ2n) is 6.84. The summed E-state index contributed by atoms with van der Waals surface area (Å²) in [5.41, 5.74) is 0.198. The molecule has 2 fully saturated rings. The van der Waals surface area contributed by atoms with Gasteiger partial charge >= 0.3 is 6.09 Å². The molecule has 2 heterocycles. The van der Waals surface area contributed by atoms with Crippen LogP contribution in [-0.4, -0.2) is 37.7 Å². The van der Waals surface area contributed by atoms with Crippen molar-refractivity contribution >= 4 is 35.2 Å². The van der Waals surface area contributed by atoms with Gasteiger partial charge in [-0.1, -0.05) is 23.2 Å². The van der Waals surface area contributed by atoms with Crippen molar-refractivity contribution in [2.24, 2.45) is 5.92 Å². The van der Waals surface area contributed by atoms with Gasteiger partial charge in [-0.2, -0.15) is 0 Å². The maximum absolute atomic E-state index is 12.1. The van der Waals surface area contributed by atoms with Crippen molar-refractivity contribution in [2.45, 2.75) is 38.1 Å². The van der Waals surface area contributed by atoms with Crippen LogP contribution in [0.3, 0.4) is 0 Å². The van der Waals surface area contributed by atoms with Gasteiger partial charge in [0.15, 0.2) is 0 Å². The molecule has 3 atom stereocenters. The second kappa shape index (κ2) is 8.39. The number of fused-ring (bicyclic) bond motifs is 1. The minimum atomic E-state index is -0.723. The first-order chi connectivity index (χ1) is 12.0. The molecule has 2 amide bonds. The monoisotopic (exact) mass is 385 g/mol. The van der Waals surface area contributed by atoms with Crippen molar-refractivity contribution in [3.05, 3.63) is 33.8 Å². The number of piperidine rings is 2. The number of benzene rings is 1. The molecule has 0 aliphatic carbocycles. The summed E-state index contributed by atoms with van der Waals surface area (Å²) in [5, 5.41) is 2.87. The number of imide groups is 1.